The van der Waals surface area contributed by atoms with Crippen LogP contribution in [0.15, 0.2) is 0 Å². The van der Waals surface area contributed by atoms with Gasteiger partial charge in [0.05, 0.1) is 12.3 Å². The van der Waals surface area contributed by atoms with Gasteiger partial charge in [-0.3, -0.25) is 4.39 Å². The molecule has 2 heteroatoms. The summed E-state index contributed by atoms with van der Waals surface area (Å²) < 4.78 is 12.1. The predicted molar refractivity (Wildman–Crippen MR) is 49.9 cm³/mol. The summed E-state index contributed by atoms with van der Waals surface area (Å²) in [5, 5.41) is 9.76. The van der Waals surface area contributed by atoms with Crippen LogP contribution in [0.4, 0.5) is 4.39 Å². The largest absolute Gasteiger partial charge is 0.390 e. The third-order valence-electron chi connectivity index (χ3n) is 2.39. The third kappa shape index (κ3) is 4.70. The molecule has 1 atom stereocenters. The van der Waals surface area contributed by atoms with Gasteiger partial charge in [0, 0.05) is 0 Å². The van der Waals surface area contributed by atoms with E-state index >= 15 is 0 Å². The molecule has 0 aromatic rings. The van der Waals surface area contributed by atoms with E-state index in [9.17, 15) is 9.50 Å². The molecule has 1 nitrogen and oxygen atoms in total. The summed E-state index contributed by atoms with van der Waals surface area (Å²) in [6.07, 6.45) is 1.92. The Bertz CT molecular complexity index is 130. The first-order valence-electron chi connectivity index (χ1n) is 4.61. The number of aliphatic hydroxyl groups is 1. The summed E-state index contributed by atoms with van der Waals surface area (Å²) in [6.45, 7) is 7.46. The first kappa shape index (κ1) is 11.9. The van der Waals surface area contributed by atoms with E-state index in [0.717, 1.165) is 6.42 Å². The average molecular weight is 176 g/mol. The van der Waals surface area contributed by atoms with Crippen molar-refractivity contribution in [3.63, 3.8) is 0 Å². The Morgan fingerprint density at radius 3 is 2.08 bits per heavy atom. The van der Waals surface area contributed by atoms with Crippen molar-refractivity contribution < 1.29 is 9.50 Å². The Labute approximate surface area is 75.0 Å². The van der Waals surface area contributed by atoms with E-state index in [2.05, 4.69) is 0 Å². The topological polar surface area (TPSA) is 20.2 Å². The Kier molecular flexibility index (Phi) is 4.18. The van der Waals surface area contributed by atoms with Crippen molar-refractivity contribution in [2.24, 2.45) is 5.41 Å². The standard InChI is InChI=1S/C10H21FO/c1-5-10(4,12)8-9(2,3)6-7-11/h12H,5-8H2,1-4H3. The molecule has 0 fully saturated rings. The van der Waals surface area contributed by atoms with E-state index in [1.54, 1.807) is 0 Å². The van der Waals surface area contributed by atoms with Crippen LogP contribution in [0.2, 0.25) is 0 Å². The van der Waals surface area contributed by atoms with Gasteiger partial charge in [-0.25, -0.2) is 0 Å². The van der Waals surface area contributed by atoms with Gasteiger partial charge in [-0.05, 0) is 31.6 Å². The van der Waals surface area contributed by atoms with Crippen molar-refractivity contribution in [2.75, 3.05) is 6.67 Å². The lowest BCUT2D eigenvalue weighted by Gasteiger charge is -2.32. The highest BCUT2D eigenvalue weighted by Gasteiger charge is 2.28. The summed E-state index contributed by atoms with van der Waals surface area (Å²) in [5.41, 5.74) is -0.729. The van der Waals surface area contributed by atoms with Crippen LogP contribution in [-0.2, 0) is 0 Å². The van der Waals surface area contributed by atoms with Crippen molar-refractivity contribution >= 4 is 0 Å². The minimum atomic E-state index is -0.640. The molecule has 0 radical (unpaired) electrons. The number of rotatable bonds is 5. The zero-order chi connectivity index (χ0) is 9.83. The zero-order valence-corrected chi connectivity index (χ0v) is 8.65. The first-order chi connectivity index (χ1) is 5.33. The van der Waals surface area contributed by atoms with E-state index in [-0.39, 0.29) is 12.1 Å². The maximum Gasteiger partial charge on any atom is 0.0899 e. The maximum atomic E-state index is 12.1. The van der Waals surface area contributed by atoms with Crippen molar-refractivity contribution in [1.82, 2.24) is 0 Å². The van der Waals surface area contributed by atoms with Gasteiger partial charge in [-0.15, -0.1) is 0 Å². The van der Waals surface area contributed by atoms with Gasteiger partial charge in [0.2, 0.25) is 0 Å². The summed E-state index contributed by atoms with van der Waals surface area (Å²) in [6, 6.07) is 0. The van der Waals surface area contributed by atoms with Crippen LogP contribution in [0.1, 0.15) is 47.0 Å². The molecule has 0 amide bonds. The summed E-state index contributed by atoms with van der Waals surface area (Å²) >= 11 is 0. The molecule has 74 valence electrons. The molecule has 1 N–H and O–H groups in total. The fraction of sp³-hybridized carbons (Fsp3) is 1.00. The monoisotopic (exact) mass is 176 g/mol. The second kappa shape index (κ2) is 4.22. The van der Waals surface area contributed by atoms with Crippen molar-refractivity contribution in [1.29, 1.82) is 0 Å². The molecule has 0 saturated carbocycles. The molecule has 0 aliphatic heterocycles. The van der Waals surface area contributed by atoms with Crippen molar-refractivity contribution in [3.8, 4) is 0 Å². The fourth-order valence-electron chi connectivity index (χ4n) is 1.50. The van der Waals surface area contributed by atoms with Crippen LogP contribution in [0.3, 0.4) is 0 Å². The molecule has 0 saturated heterocycles. The van der Waals surface area contributed by atoms with Gasteiger partial charge in [0.1, 0.15) is 0 Å². The quantitative estimate of drug-likeness (QED) is 0.683. The van der Waals surface area contributed by atoms with Crippen molar-refractivity contribution in [2.45, 2.75) is 52.6 Å². The Morgan fingerprint density at radius 2 is 1.75 bits per heavy atom. The molecule has 0 bridgehead atoms. The second-order valence-corrected chi connectivity index (χ2v) is 4.63. The number of hydrogen-bond donors (Lipinski definition) is 1. The van der Waals surface area contributed by atoms with Gasteiger partial charge < -0.3 is 5.11 Å². The molecule has 0 aromatic carbocycles. The van der Waals surface area contributed by atoms with E-state index in [1.165, 1.54) is 0 Å². The number of hydrogen-bond acceptors (Lipinski definition) is 1. The van der Waals surface area contributed by atoms with E-state index in [4.69, 9.17) is 0 Å². The van der Waals surface area contributed by atoms with Crippen LogP contribution in [0, 0.1) is 5.41 Å². The van der Waals surface area contributed by atoms with Gasteiger partial charge in [-0.2, -0.15) is 0 Å². The van der Waals surface area contributed by atoms with Crippen molar-refractivity contribution in [3.05, 3.63) is 0 Å². The highest BCUT2D eigenvalue weighted by molar-refractivity contribution is 4.80. The summed E-state index contributed by atoms with van der Waals surface area (Å²) in [5.74, 6) is 0. The normalized spacial score (nSPS) is 17.5. The third-order valence-corrected chi connectivity index (χ3v) is 2.39. The van der Waals surface area contributed by atoms with Gasteiger partial charge >= 0.3 is 0 Å². The lowest BCUT2D eigenvalue weighted by Crippen LogP contribution is -2.31. The number of halogens is 1. The minimum absolute atomic E-state index is 0.0890. The van der Waals surface area contributed by atoms with Crippen LogP contribution in [0.25, 0.3) is 0 Å². The van der Waals surface area contributed by atoms with E-state index < -0.39 is 5.60 Å². The van der Waals surface area contributed by atoms with Crippen LogP contribution in [0.5, 0.6) is 0 Å². The fourth-order valence-corrected chi connectivity index (χ4v) is 1.50. The van der Waals surface area contributed by atoms with Crippen LogP contribution < -0.4 is 0 Å². The van der Waals surface area contributed by atoms with Gasteiger partial charge in [0.15, 0.2) is 0 Å². The van der Waals surface area contributed by atoms with E-state index in [1.807, 2.05) is 27.7 Å². The molecule has 1 unspecified atom stereocenters. The average Bonchev–Trinajstić information content (AvgIpc) is 1.85. The summed E-state index contributed by atoms with van der Waals surface area (Å²) in [4.78, 5) is 0. The highest BCUT2D eigenvalue weighted by Crippen LogP contribution is 2.32. The summed E-state index contributed by atoms with van der Waals surface area (Å²) in [7, 11) is 0. The maximum absolute atomic E-state index is 12.1. The van der Waals surface area contributed by atoms with Gasteiger partial charge in [-0.1, -0.05) is 20.8 Å². The molecule has 0 rings (SSSR count). The lowest BCUT2D eigenvalue weighted by atomic mass is 9.78. The highest BCUT2D eigenvalue weighted by atomic mass is 19.1. The Balaban J connectivity index is 4.04. The Morgan fingerprint density at radius 1 is 1.25 bits per heavy atom. The SMILES string of the molecule is CCC(C)(O)CC(C)(C)CCF. The molecule has 0 aliphatic rings. The molecule has 12 heavy (non-hydrogen) atoms. The molecule has 0 spiro atoms. The van der Waals surface area contributed by atoms with Crippen LogP contribution >= 0.6 is 0 Å². The Hall–Kier alpha value is -0.110. The number of alkyl halides is 1. The first-order valence-corrected chi connectivity index (χ1v) is 4.61. The second-order valence-electron chi connectivity index (χ2n) is 4.63. The van der Waals surface area contributed by atoms with Crippen LogP contribution in [-0.4, -0.2) is 17.4 Å². The molecule has 0 aliphatic carbocycles. The minimum Gasteiger partial charge on any atom is -0.390 e. The smallest absolute Gasteiger partial charge is 0.0899 e. The molecule has 0 aromatic heterocycles. The molecule has 0 heterocycles. The van der Waals surface area contributed by atoms with Gasteiger partial charge in [0.25, 0.3) is 0 Å². The lowest BCUT2D eigenvalue weighted by molar-refractivity contribution is 0.00751. The van der Waals surface area contributed by atoms with E-state index in [0.29, 0.717) is 12.8 Å². The molecular weight excluding hydrogens is 155 g/mol. The zero-order valence-electron chi connectivity index (χ0n) is 8.65. The molecular formula is C10H21FO. The predicted octanol–water partition coefficient (Wildman–Crippen LogP) is 2.92.